The summed E-state index contributed by atoms with van der Waals surface area (Å²) in [6, 6.07) is 13.7. The lowest BCUT2D eigenvalue weighted by Crippen LogP contribution is -2.32. The number of ether oxygens (including phenoxy) is 2. The molecule has 6 heteroatoms. The van der Waals surface area contributed by atoms with Crippen molar-refractivity contribution in [1.82, 2.24) is 4.90 Å². The number of carbonyl (C=O) groups is 2. The number of unbranched alkanes of at least 4 members (excludes halogenated alkanes) is 8. The van der Waals surface area contributed by atoms with Crippen LogP contribution >= 0.6 is 0 Å². The van der Waals surface area contributed by atoms with E-state index in [-0.39, 0.29) is 22.8 Å². The average molecular weight is 526 g/mol. The van der Waals surface area contributed by atoms with Gasteiger partial charge in [-0.3, -0.25) is 4.79 Å². The van der Waals surface area contributed by atoms with Crippen LogP contribution in [0.1, 0.15) is 111 Å². The summed E-state index contributed by atoms with van der Waals surface area (Å²) < 4.78 is 12.1. The van der Waals surface area contributed by atoms with Gasteiger partial charge in [0, 0.05) is 13.1 Å². The van der Waals surface area contributed by atoms with E-state index in [2.05, 4.69) is 31.2 Å². The zero-order valence-corrected chi connectivity index (χ0v) is 23.7. The van der Waals surface area contributed by atoms with Crippen LogP contribution in [0.15, 0.2) is 42.5 Å². The van der Waals surface area contributed by atoms with Crippen LogP contribution in [0.3, 0.4) is 0 Å². The molecule has 1 amide bonds. The van der Waals surface area contributed by atoms with Gasteiger partial charge in [0.15, 0.2) is 11.5 Å². The van der Waals surface area contributed by atoms with E-state index < -0.39 is 5.97 Å². The van der Waals surface area contributed by atoms with Gasteiger partial charge in [-0.2, -0.15) is 0 Å². The first-order valence-corrected chi connectivity index (χ1v) is 14.5. The second kappa shape index (κ2) is 18.3. The van der Waals surface area contributed by atoms with Crippen molar-refractivity contribution in [2.24, 2.45) is 0 Å². The van der Waals surface area contributed by atoms with Gasteiger partial charge < -0.3 is 19.5 Å². The molecule has 6 nitrogen and oxygen atoms in total. The standard InChI is InChI=1S/C32H47NO5/c1-4-7-8-9-10-11-17-25-38-30-28(37-24-18-13-16-21-26-19-14-12-15-20-26)23-22-27(29(30)32(35)36)31(34)33(5-2)6-3/h12,14-15,19-20,22-23H,4-11,13,16-18,21,24-25H2,1-3H3,(H,35,36). The van der Waals surface area contributed by atoms with Gasteiger partial charge in [-0.15, -0.1) is 0 Å². The number of aryl methyl sites for hydroxylation is 1. The highest BCUT2D eigenvalue weighted by Gasteiger charge is 2.27. The highest BCUT2D eigenvalue weighted by molar-refractivity contribution is 6.07. The molecule has 0 unspecified atom stereocenters. The van der Waals surface area contributed by atoms with Crippen molar-refractivity contribution in [3.63, 3.8) is 0 Å². The van der Waals surface area contributed by atoms with E-state index in [1.807, 2.05) is 19.9 Å². The van der Waals surface area contributed by atoms with Crippen LogP contribution in [0.2, 0.25) is 0 Å². The molecule has 0 atom stereocenters. The van der Waals surface area contributed by atoms with Gasteiger partial charge in [0.25, 0.3) is 5.91 Å². The molecule has 0 saturated heterocycles. The minimum atomic E-state index is -1.18. The molecule has 0 aromatic heterocycles. The molecule has 0 aliphatic carbocycles. The van der Waals surface area contributed by atoms with Crippen LogP contribution in [0.4, 0.5) is 0 Å². The topological polar surface area (TPSA) is 76.1 Å². The quantitative estimate of drug-likeness (QED) is 0.179. The minimum Gasteiger partial charge on any atom is -0.490 e. The predicted octanol–water partition coefficient (Wildman–Crippen LogP) is 7.79. The van der Waals surface area contributed by atoms with Crippen molar-refractivity contribution in [2.45, 2.75) is 91.4 Å². The monoisotopic (exact) mass is 525 g/mol. The molecule has 0 fully saturated rings. The summed E-state index contributed by atoms with van der Waals surface area (Å²) in [5, 5.41) is 10.1. The van der Waals surface area contributed by atoms with E-state index in [1.165, 1.54) is 31.2 Å². The average Bonchev–Trinajstić information content (AvgIpc) is 2.93. The second-order valence-corrected chi connectivity index (χ2v) is 9.71. The van der Waals surface area contributed by atoms with E-state index in [1.54, 1.807) is 17.0 Å². The number of nitrogens with zero attached hydrogens (tertiary/aromatic N) is 1. The smallest absolute Gasteiger partial charge is 0.340 e. The highest BCUT2D eigenvalue weighted by atomic mass is 16.5. The maximum Gasteiger partial charge on any atom is 0.340 e. The van der Waals surface area contributed by atoms with E-state index in [9.17, 15) is 14.7 Å². The van der Waals surface area contributed by atoms with Gasteiger partial charge in [-0.05, 0) is 63.6 Å². The van der Waals surface area contributed by atoms with Gasteiger partial charge in [-0.25, -0.2) is 4.79 Å². The highest BCUT2D eigenvalue weighted by Crippen LogP contribution is 2.35. The Bertz CT molecular complexity index is 956. The van der Waals surface area contributed by atoms with E-state index in [0.717, 1.165) is 44.9 Å². The molecular weight excluding hydrogens is 478 g/mol. The maximum absolute atomic E-state index is 13.1. The number of benzene rings is 2. The van der Waals surface area contributed by atoms with E-state index >= 15 is 0 Å². The number of carboxylic acid groups (broad SMARTS) is 1. The number of carboxylic acids is 1. The predicted molar refractivity (Wildman–Crippen MR) is 154 cm³/mol. The molecule has 0 spiro atoms. The largest absolute Gasteiger partial charge is 0.490 e. The Kier molecular flexibility index (Phi) is 15.0. The third-order valence-corrected chi connectivity index (χ3v) is 6.82. The van der Waals surface area contributed by atoms with Crippen LogP contribution in [-0.2, 0) is 6.42 Å². The number of rotatable bonds is 20. The molecule has 0 radical (unpaired) electrons. The first kappa shape index (κ1) is 31.2. The molecule has 0 aliphatic rings. The van der Waals surface area contributed by atoms with Crippen LogP contribution in [-0.4, -0.2) is 48.2 Å². The van der Waals surface area contributed by atoms with E-state index in [0.29, 0.717) is 32.1 Å². The number of amides is 1. The lowest BCUT2D eigenvalue weighted by molar-refractivity contribution is 0.0671. The Morgan fingerprint density at radius 1 is 0.737 bits per heavy atom. The third-order valence-electron chi connectivity index (χ3n) is 6.82. The molecule has 2 aromatic rings. The van der Waals surface area contributed by atoms with Crippen LogP contribution in [0.25, 0.3) is 0 Å². The van der Waals surface area contributed by atoms with Gasteiger partial charge in [0.2, 0.25) is 0 Å². The van der Waals surface area contributed by atoms with Crippen molar-refractivity contribution >= 4 is 11.9 Å². The molecule has 210 valence electrons. The summed E-state index contributed by atoms with van der Waals surface area (Å²) in [5.74, 6) is -0.917. The number of carbonyl (C=O) groups excluding carboxylic acids is 1. The Hall–Kier alpha value is -3.02. The van der Waals surface area contributed by atoms with Gasteiger partial charge in [0.1, 0.15) is 5.56 Å². The summed E-state index contributed by atoms with van der Waals surface area (Å²) in [7, 11) is 0. The third kappa shape index (κ3) is 10.4. The second-order valence-electron chi connectivity index (χ2n) is 9.71. The molecule has 1 N–H and O–H groups in total. The number of aromatic carboxylic acids is 1. The zero-order valence-electron chi connectivity index (χ0n) is 23.7. The first-order valence-electron chi connectivity index (χ1n) is 14.5. The zero-order chi connectivity index (χ0) is 27.6. The lowest BCUT2D eigenvalue weighted by Gasteiger charge is -2.22. The van der Waals surface area contributed by atoms with Crippen LogP contribution < -0.4 is 9.47 Å². The van der Waals surface area contributed by atoms with Crippen LogP contribution in [0.5, 0.6) is 11.5 Å². The fourth-order valence-corrected chi connectivity index (χ4v) is 4.56. The van der Waals surface area contributed by atoms with Crippen molar-refractivity contribution < 1.29 is 24.2 Å². The van der Waals surface area contributed by atoms with Crippen molar-refractivity contribution in [1.29, 1.82) is 0 Å². The minimum absolute atomic E-state index is 0.105. The van der Waals surface area contributed by atoms with Crippen molar-refractivity contribution in [2.75, 3.05) is 26.3 Å². The Morgan fingerprint density at radius 3 is 1.97 bits per heavy atom. The summed E-state index contributed by atoms with van der Waals surface area (Å²) in [6.07, 6.45) is 11.9. The maximum atomic E-state index is 13.1. The fraction of sp³-hybridized carbons (Fsp3) is 0.562. The molecule has 38 heavy (non-hydrogen) atoms. The molecule has 0 saturated carbocycles. The Morgan fingerprint density at radius 2 is 1.34 bits per heavy atom. The van der Waals surface area contributed by atoms with Crippen molar-refractivity contribution in [3.05, 3.63) is 59.2 Å². The van der Waals surface area contributed by atoms with Gasteiger partial charge >= 0.3 is 5.97 Å². The van der Waals surface area contributed by atoms with Crippen molar-refractivity contribution in [3.8, 4) is 11.5 Å². The lowest BCUT2D eigenvalue weighted by atomic mass is 10.0. The Labute approximate surface area is 229 Å². The number of hydrogen-bond donors (Lipinski definition) is 1. The van der Waals surface area contributed by atoms with Crippen LogP contribution in [0, 0.1) is 0 Å². The molecular formula is C32H47NO5. The molecule has 0 aliphatic heterocycles. The molecule has 2 rings (SSSR count). The first-order chi connectivity index (χ1) is 18.5. The van der Waals surface area contributed by atoms with E-state index in [4.69, 9.17) is 9.47 Å². The SMILES string of the molecule is CCCCCCCCCOc1c(OCCCCCc2ccccc2)ccc(C(=O)N(CC)CC)c1C(=O)O. The molecule has 2 aromatic carbocycles. The molecule has 0 heterocycles. The summed E-state index contributed by atoms with van der Waals surface area (Å²) in [5.41, 5.74) is 1.37. The summed E-state index contributed by atoms with van der Waals surface area (Å²) in [4.78, 5) is 27.1. The Balaban J connectivity index is 2.07. The van der Waals surface area contributed by atoms with Gasteiger partial charge in [0.05, 0.1) is 18.8 Å². The van der Waals surface area contributed by atoms with Gasteiger partial charge in [-0.1, -0.05) is 75.8 Å². The summed E-state index contributed by atoms with van der Waals surface area (Å²) in [6.45, 7) is 7.84. The fourth-order valence-electron chi connectivity index (χ4n) is 4.56. The molecule has 0 bridgehead atoms. The number of hydrogen-bond acceptors (Lipinski definition) is 4. The normalized spacial score (nSPS) is 10.8. The summed E-state index contributed by atoms with van der Waals surface area (Å²) >= 11 is 0.